The third-order valence-corrected chi connectivity index (χ3v) is 8.49. The van der Waals surface area contributed by atoms with Crippen LogP contribution in [0.2, 0.25) is 0 Å². The summed E-state index contributed by atoms with van der Waals surface area (Å²) in [4.78, 5) is 29.6. The Bertz CT molecular complexity index is 2310. The Kier molecular flexibility index (Phi) is 4.81. The molecule has 210 valence electrons. The van der Waals surface area contributed by atoms with E-state index in [2.05, 4.69) is 63.7 Å². The maximum atomic E-state index is 5.28. The number of aromatic nitrogens is 9. The lowest BCUT2D eigenvalue weighted by Gasteiger charge is -2.14. The summed E-state index contributed by atoms with van der Waals surface area (Å²) < 4.78 is 6.27. The molecule has 10 rings (SSSR count). The zero-order chi connectivity index (χ0) is 29.5. The minimum absolute atomic E-state index is 0.497. The number of nitrogens with zero attached hydrogens (tertiary/aromatic N) is 9. The molecule has 9 nitrogen and oxygen atoms in total. The summed E-state index contributed by atoms with van der Waals surface area (Å²) in [6.45, 7) is 0. The summed E-state index contributed by atoms with van der Waals surface area (Å²) in [7, 11) is 0. The lowest BCUT2D eigenvalue weighted by atomic mass is 10.2. The van der Waals surface area contributed by atoms with Gasteiger partial charge in [-0.05, 0) is 60.7 Å². The highest BCUT2D eigenvalue weighted by Gasteiger charge is 2.22. The average Bonchev–Trinajstić information content (AvgIpc) is 3.74. The van der Waals surface area contributed by atoms with Crippen LogP contribution in [0.5, 0.6) is 0 Å². The van der Waals surface area contributed by atoms with Crippen molar-refractivity contribution >= 4 is 65.9 Å². The highest BCUT2D eigenvalue weighted by Crippen LogP contribution is 2.35. The fourth-order valence-electron chi connectivity index (χ4n) is 6.66. The van der Waals surface area contributed by atoms with E-state index in [0.29, 0.717) is 17.6 Å². The molecule has 0 saturated carbocycles. The largest absolute Gasteiger partial charge is 0.290 e. The first kappa shape index (κ1) is 24.0. The van der Waals surface area contributed by atoms with Crippen LogP contribution in [0.3, 0.4) is 0 Å². The Morgan fingerprint density at radius 3 is 1.44 bits per heavy atom. The molecule has 0 spiro atoms. The number of benzene rings is 2. The molecule has 0 radical (unpaired) electrons. The summed E-state index contributed by atoms with van der Waals surface area (Å²) in [5.41, 5.74) is 7.02. The van der Waals surface area contributed by atoms with E-state index in [1.165, 1.54) is 0 Å². The fraction of sp³-hybridized carbons (Fsp3) is 0. The van der Waals surface area contributed by atoms with E-state index >= 15 is 0 Å². The van der Waals surface area contributed by atoms with Gasteiger partial charge in [0, 0.05) is 52.4 Å². The van der Waals surface area contributed by atoms with E-state index in [1.807, 2.05) is 65.5 Å². The first-order valence-corrected chi connectivity index (χ1v) is 14.6. The zero-order valence-electron chi connectivity index (χ0n) is 23.6. The van der Waals surface area contributed by atoms with Crippen molar-refractivity contribution < 1.29 is 0 Å². The van der Waals surface area contributed by atoms with Gasteiger partial charge >= 0.3 is 0 Å². The molecule has 0 aliphatic carbocycles. The van der Waals surface area contributed by atoms with Gasteiger partial charge in [0.15, 0.2) is 0 Å². The smallest absolute Gasteiger partial charge is 0.239 e. The minimum Gasteiger partial charge on any atom is -0.290 e. The molecule has 0 N–H and O–H groups in total. The fourth-order valence-corrected chi connectivity index (χ4v) is 6.66. The monoisotopic (exact) mass is 579 g/mol. The lowest BCUT2D eigenvalue weighted by molar-refractivity contribution is 0.909. The molecule has 45 heavy (non-hydrogen) atoms. The second-order valence-corrected chi connectivity index (χ2v) is 10.9. The maximum Gasteiger partial charge on any atom is 0.239 e. The molecule has 0 amide bonds. The van der Waals surface area contributed by atoms with Gasteiger partial charge in [-0.3, -0.25) is 23.7 Å². The van der Waals surface area contributed by atoms with Gasteiger partial charge in [-0.2, -0.15) is 9.97 Å². The SMILES string of the molecule is c1ccc2c(c1)c1cccnc1n2-c1cc(-n2c3cccnc3c3ncccc32)nc(-n2c3ccccc3c3cccnc32)n1. The predicted octanol–water partition coefficient (Wildman–Crippen LogP) is 7.35. The van der Waals surface area contributed by atoms with Crippen molar-refractivity contribution in [2.75, 3.05) is 0 Å². The zero-order valence-corrected chi connectivity index (χ0v) is 23.6. The number of hydrogen-bond donors (Lipinski definition) is 0. The minimum atomic E-state index is 0.497. The van der Waals surface area contributed by atoms with Crippen LogP contribution >= 0.6 is 0 Å². The molecule has 0 unspecified atom stereocenters. The summed E-state index contributed by atoms with van der Waals surface area (Å²) in [5.74, 6) is 1.86. The number of fused-ring (bicyclic) bond motifs is 9. The second kappa shape index (κ2) is 9.01. The van der Waals surface area contributed by atoms with Crippen molar-refractivity contribution in [2.24, 2.45) is 0 Å². The van der Waals surface area contributed by atoms with Crippen LogP contribution < -0.4 is 0 Å². The van der Waals surface area contributed by atoms with Crippen molar-refractivity contribution in [3.05, 3.63) is 128 Å². The molecule has 10 aromatic rings. The topological polar surface area (TPSA) is 92.1 Å². The highest BCUT2D eigenvalue weighted by molar-refractivity contribution is 6.09. The first-order chi connectivity index (χ1) is 22.3. The van der Waals surface area contributed by atoms with Crippen LogP contribution in [0.15, 0.2) is 128 Å². The number of para-hydroxylation sites is 2. The Hall–Kier alpha value is -6.48. The first-order valence-electron chi connectivity index (χ1n) is 14.6. The van der Waals surface area contributed by atoms with Crippen LogP contribution in [0.4, 0.5) is 0 Å². The molecular formula is C36H21N9. The van der Waals surface area contributed by atoms with Crippen LogP contribution in [0.25, 0.3) is 83.5 Å². The molecular weight excluding hydrogens is 558 g/mol. The van der Waals surface area contributed by atoms with E-state index in [1.54, 1.807) is 12.4 Å². The Labute approximate surface area is 254 Å². The quantitative estimate of drug-likeness (QED) is 0.217. The third kappa shape index (κ3) is 3.31. The van der Waals surface area contributed by atoms with Crippen LogP contribution in [0.1, 0.15) is 0 Å². The second-order valence-electron chi connectivity index (χ2n) is 10.9. The van der Waals surface area contributed by atoms with Crippen LogP contribution in [-0.2, 0) is 0 Å². The van der Waals surface area contributed by atoms with Crippen molar-refractivity contribution in [3.63, 3.8) is 0 Å². The van der Waals surface area contributed by atoms with E-state index < -0.39 is 0 Å². The molecule has 0 atom stereocenters. The highest BCUT2D eigenvalue weighted by atomic mass is 15.3. The van der Waals surface area contributed by atoms with E-state index in [0.717, 1.165) is 65.9 Å². The number of rotatable bonds is 3. The molecule has 8 heterocycles. The van der Waals surface area contributed by atoms with E-state index in [-0.39, 0.29) is 0 Å². The maximum absolute atomic E-state index is 5.28. The van der Waals surface area contributed by atoms with Crippen molar-refractivity contribution in [1.29, 1.82) is 0 Å². The summed E-state index contributed by atoms with van der Waals surface area (Å²) in [6.07, 6.45) is 7.22. The van der Waals surface area contributed by atoms with Gasteiger partial charge in [0.2, 0.25) is 5.95 Å². The van der Waals surface area contributed by atoms with Gasteiger partial charge in [0.25, 0.3) is 0 Å². The third-order valence-electron chi connectivity index (χ3n) is 8.49. The summed E-state index contributed by atoms with van der Waals surface area (Å²) in [5, 5.41) is 4.28. The van der Waals surface area contributed by atoms with Gasteiger partial charge in [0.05, 0.1) is 22.1 Å². The van der Waals surface area contributed by atoms with Gasteiger partial charge < -0.3 is 0 Å². The molecule has 0 aliphatic rings. The molecule has 0 aliphatic heterocycles. The molecule has 0 bridgehead atoms. The van der Waals surface area contributed by atoms with Crippen molar-refractivity contribution in [3.8, 4) is 17.6 Å². The molecule has 0 fully saturated rings. The van der Waals surface area contributed by atoms with Gasteiger partial charge in [-0.25, -0.2) is 9.97 Å². The van der Waals surface area contributed by atoms with Gasteiger partial charge in [-0.1, -0.05) is 36.4 Å². The normalized spacial score (nSPS) is 12.0. The molecule has 8 aromatic heterocycles. The average molecular weight is 580 g/mol. The van der Waals surface area contributed by atoms with E-state index in [9.17, 15) is 0 Å². The van der Waals surface area contributed by atoms with Crippen LogP contribution in [-0.4, -0.2) is 43.6 Å². The molecule has 2 aromatic carbocycles. The molecule has 0 saturated heterocycles. The Balaban J connectivity index is 1.38. The van der Waals surface area contributed by atoms with E-state index in [4.69, 9.17) is 29.9 Å². The van der Waals surface area contributed by atoms with Crippen molar-refractivity contribution in [1.82, 2.24) is 43.6 Å². The van der Waals surface area contributed by atoms with Gasteiger partial charge in [0.1, 0.15) is 34.0 Å². The number of hydrogen-bond acceptors (Lipinski definition) is 6. The predicted molar refractivity (Wildman–Crippen MR) is 176 cm³/mol. The summed E-state index contributed by atoms with van der Waals surface area (Å²) >= 11 is 0. The summed E-state index contributed by atoms with van der Waals surface area (Å²) in [6, 6.07) is 34.7. The Morgan fingerprint density at radius 2 is 0.822 bits per heavy atom. The Morgan fingerprint density at radius 1 is 0.378 bits per heavy atom. The van der Waals surface area contributed by atoms with Crippen LogP contribution in [0, 0.1) is 0 Å². The van der Waals surface area contributed by atoms with Crippen molar-refractivity contribution in [2.45, 2.75) is 0 Å². The lowest BCUT2D eigenvalue weighted by Crippen LogP contribution is -2.10. The molecule has 9 heteroatoms. The van der Waals surface area contributed by atoms with Gasteiger partial charge in [-0.15, -0.1) is 0 Å². The standard InChI is InChI=1S/C36H21N9/c1-3-13-26-22(9-1)24-11-5-19-39-34(24)44(26)31-21-30(43-28-15-7-17-37-32(28)33-29(43)16-8-18-38-33)41-36(42-31)45-27-14-4-2-10-23(27)25-12-6-20-40-35(25)45/h1-21H. The number of pyridine rings is 4.